The minimum absolute atomic E-state index is 0.289. The van der Waals surface area contributed by atoms with Gasteiger partial charge in [-0.2, -0.15) is 0 Å². The number of carbonyl (C=O) groups excluding carboxylic acids is 1. The molecule has 1 atom stereocenters. The van der Waals surface area contributed by atoms with E-state index in [1.807, 2.05) is 20.8 Å². The summed E-state index contributed by atoms with van der Waals surface area (Å²) < 4.78 is 10.4. The van der Waals surface area contributed by atoms with Crippen molar-refractivity contribution in [2.24, 2.45) is 0 Å². The van der Waals surface area contributed by atoms with Crippen molar-refractivity contribution in [2.75, 3.05) is 38.3 Å². The fraction of sp³-hybridized carbons (Fsp3) is 0.812. The number of carbonyl (C=O) groups is 1. The van der Waals surface area contributed by atoms with E-state index in [1.165, 1.54) is 0 Å². The third kappa shape index (κ3) is 14.1. The molecule has 0 bridgehead atoms. The molecule has 0 saturated carbocycles. The predicted octanol–water partition coefficient (Wildman–Crippen LogP) is 2.26. The Morgan fingerprint density at radius 2 is 2.09 bits per heavy atom. The highest BCUT2D eigenvalue weighted by atomic mass is 32.2. The molecule has 0 saturated heterocycles. The van der Waals surface area contributed by atoms with E-state index >= 15 is 0 Å². The van der Waals surface area contributed by atoms with Gasteiger partial charge in [0.05, 0.1) is 12.4 Å². The molecule has 2 N–H and O–H groups in total. The van der Waals surface area contributed by atoms with Gasteiger partial charge in [0.15, 0.2) is 0 Å². The van der Waals surface area contributed by atoms with Crippen LogP contribution in [0.5, 0.6) is 0 Å². The number of terminal acetylenes is 1. The Morgan fingerprint density at radius 3 is 2.68 bits per heavy atom. The summed E-state index contributed by atoms with van der Waals surface area (Å²) in [6.45, 7) is 7.71. The first kappa shape index (κ1) is 21.1. The summed E-state index contributed by atoms with van der Waals surface area (Å²) in [6.07, 6.45) is 6.65. The molecule has 22 heavy (non-hydrogen) atoms. The minimum atomic E-state index is -0.458. The predicted molar refractivity (Wildman–Crippen MR) is 93.3 cm³/mol. The lowest BCUT2D eigenvalue weighted by Gasteiger charge is -2.20. The molecule has 0 heterocycles. The normalized spacial score (nSPS) is 12.5. The summed E-state index contributed by atoms with van der Waals surface area (Å²) in [5.74, 6) is 4.34. The quantitative estimate of drug-likeness (QED) is 0.449. The van der Waals surface area contributed by atoms with Gasteiger partial charge >= 0.3 is 6.09 Å². The van der Waals surface area contributed by atoms with Gasteiger partial charge in [0.2, 0.25) is 0 Å². The van der Waals surface area contributed by atoms with E-state index in [0.29, 0.717) is 13.2 Å². The molecular formula is C16H30N2O3S. The SMILES string of the molecule is C#CCSCCNC(CCCNC(=O)OC(C)(C)C)COC. The summed E-state index contributed by atoms with van der Waals surface area (Å²) >= 11 is 1.74. The van der Waals surface area contributed by atoms with Gasteiger partial charge in [0.25, 0.3) is 0 Å². The number of hydrogen-bond acceptors (Lipinski definition) is 5. The van der Waals surface area contributed by atoms with Crippen LogP contribution in [-0.2, 0) is 9.47 Å². The van der Waals surface area contributed by atoms with Crippen LogP contribution in [0.2, 0.25) is 0 Å². The highest BCUT2D eigenvalue weighted by Gasteiger charge is 2.15. The van der Waals surface area contributed by atoms with Crippen LogP contribution in [0.3, 0.4) is 0 Å². The zero-order valence-electron chi connectivity index (χ0n) is 14.2. The molecule has 0 spiro atoms. The zero-order valence-corrected chi connectivity index (χ0v) is 15.1. The van der Waals surface area contributed by atoms with Crippen molar-refractivity contribution in [1.82, 2.24) is 10.6 Å². The fourth-order valence-electron chi connectivity index (χ4n) is 1.76. The summed E-state index contributed by atoms with van der Waals surface area (Å²) in [6, 6.07) is 0.289. The molecule has 5 nitrogen and oxygen atoms in total. The second-order valence-electron chi connectivity index (χ2n) is 5.93. The van der Waals surface area contributed by atoms with Crippen molar-refractivity contribution < 1.29 is 14.3 Å². The maximum absolute atomic E-state index is 11.5. The minimum Gasteiger partial charge on any atom is -0.444 e. The Morgan fingerprint density at radius 1 is 1.36 bits per heavy atom. The van der Waals surface area contributed by atoms with Gasteiger partial charge in [-0.15, -0.1) is 18.2 Å². The van der Waals surface area contributed by atoms with E-state index in [9.17, 15) is 4.79 Å². The topological polar surface area (TPSA) is 59.6 Å². The molecule has 1 amide bonds. The lowest BCUT2D eigenvalue weighted by Crippen LogP contribution is -2.36. The van der Waals surface area contributed by atoms with E-state index in [-0.39, 0.29) is 12.1 Å². The largest absolute Gasteiger partial charge is 0.444 e. The number of alkyl carbamates (subject to hydrolysis) is 1. The van der Waals surface area contributed by atoms with Crippen molar-refractivity contribution in [3.63, 3.8) is 0 Å². The summed E-state index contributed by atoms with van der Waals surface area (Å²) in [4.78, 5) is 11.5. The first-order chi connectivity index (χ1) is 10.4. The molecule has 0 aliphatic carbocycles. The fourth-order valence-corrected chi connectivity index (χ4v) is 2.29. The molecule has 128 valence electrons. The van der Waals surface area contributed by atoms with Gasteiger partial charge in [-0.3, -0.25) is 0 Å². The molecule has 1 unspecified atom stereocenters. The third-order valence-electron chi connectivity index (χ3n) is 2.63. The molecule has 6 heteroatoms. The second-order valence-corrected chi connectivity index (χ2v) is 7.04. The van der Waals surface area contributed by atoms with Crippen LogP contribution >= 0.6 is 11.8 Å². The molecule has 0 radical (unpaired) electrons. The smallest absolute Gasteiger partial charge is 0.407 e. The molecule has 0 aliphatic rings. The summed E-state index contributed by atoms with van der Waals surface area (Å²) in [5.41, 5.74) is -0.458. The Balaban J connectivity index is 3.77. The van der Waals surface area contributed by atoms with E-state index in [4.69, 9.17) is 15.9 Å². The van der Waals surface area contributed by atoms with Gasteiger partial charge in [-0.25, -0.2) is 4.79 Å². The lowest BCUT2D eigenvalue weighted by atomic mass is 10.1. The average Bonchev–Trinajstić information content (AvgIpc) is 2.41. The number of nitrogens with one attached hydrogen (secondary N) is 2. The molecule has 0 aromatic heterocycles. The Kier molecular flexibility index (Phi) is 12.1. The number of thioether (sulfide) groups is 1. The summed E-state index contributed by atoms with van der Waals surface area (Å²) in [5, 5.41) is 6.21. The van der Waals surface area contributed by atoms with Gasteiger partial charge < -0.3 is 20.1 Å². The van der Waals surface area contributed by atoms with Gasteiger partial charge in [0.1, 0.15) is 5.60 Å². The highest BCUT2D eigenvalue weighted by Crippen LogP contribution is 2.06. The van der Waals surface area contributed by atoms with E-state index in [0.717, 1.165) is 30.9 Å². The number of hydrogen-bond donors (Lipinski definition) is 2. The van der Waals surface area contributed by atoms with Crippen LogP contribution in [0.15, 0.2) is 0 Å². The first-order valence-electron chi connectivity index (χ1n) is 7.59. The van der Waals surface area contributed by atoms with Crippen LogP contribution in [0.1, 0.15) is 33.6 Å². The number of amides is 1. The van der Waals surface area contributed by atoms with Crippen molar-refractivity contribution in [3.8, 4) is 12.3 Å². The van der Waals surface area contributed by atoms with Crippen molar-refractivity contribution in [1.29, 1.82) is 0 Å². The molecule has 0 rings (SSSR count). The second kappa shape index (κ2) is 12.6. The van der Waals surface area contributed by atoms with Crippen LogP contribution in [0.25, 0.3) is 0 Å². The van der Waals surface area contributed by atoms with Crippen LogP contribution in [0.4, 0.5) is 4.79 Å². The van der Waals surface area contributed by atoms with Crippen molar-refractivity contribution in [2.45, 2.75) is 45.3 Å². The van der Waals surface area contributed by atoms with Crippen LogP contribution in [0, 0.1) is 12.3 Å². The van der Waals surface area contributed by atoms with Gasteiger partial charge in [-0.05, 0) is 33.6 Å². The maximum atomic E-state index is 11.5. The van der Waals surface area contributed by atoms with Crippen molar-refractivity contribution >= 4 is 17.9 Å². The maximum Gasteiger partial charge on any atom is 0.407 e. The molecular weight excluding hydrogens is 300 g/mol. The number of rotatable bonds is 11. The standard InChI is InChI=1S/C16H30N2O3S/c1-6-11-22-12-10-17-14(13-20-5)8-7-9-18-15(19)21-16(2,3)4/h1,14,17H,7-13H2,2-5H3,(H,18,19). The Bertz CT molecular complexity index is 337. The molecule has 0 fully saturated rings. The average molecular weight is 330 g/mol. The van der Waals surface area contributed by atoms with E-state index in [1.54, 1.807) is 18.9 Å². The molecule has 0 aliphatic heterocycles. The van der Waals surface area contributed by atoms with Crippen molar-refractivity contribution in [3.05, 3.63) is 0 Å². The van der Waals surface area contributed by atoms with Gasteiger partial charge in [0, 0.05) is 32.0 Å². The van der Waals surface area contributed by atoms with E-state index < -0.39 is 5.60 Å². The first-order valence-corrected chi connectivity index (χ1v) is 8.75. The van der Waals surface area contributed by atoms with E-state index in [2.05, 4.69) is 16.6 Å². The highest BCUT2D eigenvalue weighted by molar-refractivity contribution is 7.99. The number of methoxy groups -OCH3 is 1. The third-order valence-corrected chi connectivity index (χ3v) is 3.49. The number of ether oxygens (including phenoxy) is 2. The van der Waals surface area contributed by atoms with Crippen LogP contribution < -0.4 is 10.6 Å². The summed E-state index contributed by atoms with van der Waals surface area (Å²) in [7, 11) is 1.70. The Labute approximate surface area is 139 Å². The lowest BCUT2D eigenvalue weighted by molar-refractivity contribution is 0.0526. The molecule has 0 aromatic carbocycles. The van der Waals surface area contributed by atoms with Crippen LogP contribution in [-0.4, -0.2) is 56.0 Å². The zero-order chi connectivity index (χ0) is 16.8. The molecule has 0 aromatic rings. The monoisotopic (exact) mass is 330 g/mol. The Hall–Kier alpha value is -0.900. The van der Waals surface area contributed by atoms with Gasteiger partial charge in [-0.1, -0.05) is 5.92 Å².